The smallest absolute Gasteiger partial charge is 0.115 e. The molecule has 3 aromatic rings. The van der Waals surface area contributed by atoms with E-state index < -0.39 is 0 Å². The zero-order chi connectivity index (χ0) is 13.8. The Labute approximate surface area is 117 Å². The highest BCUT2D eigenvalue weighted by atomic mass is 15.3. The van der Waals surface area contributed by atoms with E-state index >= 15 is 0 Å². The second kappa shape index (κ2) is 5.63. The molecule has 0 aliphatic rings. The van der Waals surface area contributed by atoms with Gasteiger partial charge in [-0.05, 0) is 25.2 Å². The first kappa shape index (κ1) is 12.5. The molecule has 0 aliphatic carbocycles. The Kier molecular flexibility index (Phi) is 3.52. The van der Waals surface area contributed by atoms with Crippen molar-refractivity contribution in [3.8, 4) is 5.69 Å². The van der Waals surface area contributed by atoms with Crippen molar-refractivity contribution >= 4 is 0 Å². The summed E-state index contributed by atoms with van der Waals surface area (Å²) in [5, 5.41) is 7.87. The first-order valence-corrected chi connectivity index (χ1v) is 6.41. The van der Waals surface area contributed by atoms with Crippen LogP contribution in [0, 0.1) is 0 Å². The van der Waals surface area contributed by atoms with E-state index in [0.29, 0.717) is 0 Å². The Balaban J connectivity index is 1.93. The van der Waals surface area contributed by atoms with E-state index in [9.17, 15) is 0 Å². The third kappa shape index (κ3) is 2.44. The van der Waals surface area contributed by atoms with Gasteiger partial charge in [0.25, 0.3) is 0 Å². The largest absolute Gasteiger partial charge is 0.308 e. The van der Waals surface area contributed by atoms with Crippen molar-refractivity contribution in [3.63, 3.8) is 0 Å². The molecule has 1 N–H and O–H groups in total. The zero-order valence-electron chi connectivity index (χ0n) is 11.1. The maximum Gasteiger partial charge on any atom is 0.115 e. The standard InChI is InChI=1S/C15H15N5/c1-16-15(12-9-17-11-18-10-12)14-7-8-20(19-14)13-5-3-2-4-6-13/h2-11,15-16H,1H3. The van der Waals surface area contributed by atoms with Crippen LogP contribution in [0.1, 0.15) is 17.3 Å². The third-order valence-corrected chi connectivity index (χ3v) is 3.13. The van der Waals surface area contributed by atoms with E-state index in [2.05, 4.69) is 20.4 Å². The molecule has 5 heteroatoms. The summed E-state index contributed by atoms with van der Waals surface area (Å²) in [4.78, 5) is 8.12. The lowest BCUT2D eigenvalue weighted by Crippen LogP contribution is -2.18. The quantitative estimate of drug-likeness (QED) is 0.783. The van der Waals surface area contributed by atoms with Gasteiger partial charge in [0.2, 0.25) is 0 Å². The van der Waals surface area contributed by atoms with Crippen molar-refractivity contribution < 1.29 is 0 Å². The van der Waals surface area contributed by atoms with Gasteiger partial charge in [0.1, 0.15) is 6.33 Å². The minimum Gasteiger partial charge on any atom is -0.308 e. The molecule has 1 unspecified atom stereocenters. The van der Waals surface area contributed by atoms with Gasteiger partial charge in [-0.15, -0.1) is 0 Å². The molecule has 3 rings (SSSR count). The van der Waals surface area contributed by atoms with Crippen LogP contribution in [0.5, 0.6) is 0 Å². The molecular formula is C15H15N5. The van der Waals surface area contributed by atoms with Gasteiger partial charge in [-0.1, -0.05) is 18.2 Å². The number of nitrogens with zero attached hydrogens (tertiary/aromatic N) is 4. The van der Waals surface area contributed by atoms with Gasteiger partial charge in [0.05, 0.1) is 17.4 Å². The normalized spacial score (nSPS) is 12.2. The Morgan fingerprint density at radius 2 is 1.80 bits per heavy atom. The maximum atomic E-state index is 4.63. The van der Waals surface area contributed by atoms with E-state index in [1.54, 1.807) is 12.4 Å². The highest BCUT2D eigenvalue weighted by Crippen LogP contribution is 2.19. The number of rotatable bonds is 4. The summed E-state index contributed by atoms with van der Waals surface area (Å²) in [5.74, 6) is 0. The molecule has 0 spiro atoms. The highest BCUT2D eigenvalue weighted by molar-refractivity contribution is 5.32. The van der Waals surface area contributed by atoms with Crippen molar-refractivity contribution in [1.29, 1.82) is 0 Å². The Morgan fingerprint density at radius 1 is 1.05 bits per heavy atom. The highest BCUT2D eigenvalue weighted by Gasteiger charge is 2.15. The zero-order valence-corrected chi connectivity index (χ0v) is 11.1. The number of hydrogen-bond acceptors (Lipinski definition) is 4. The Hall–Kier alpha value is -2.53. The third-order valence-electron chi connectivity index (χ3n) is 3.13. The first-order chi connectivity index (χ1) is 9.88. The van der Waals surface area contributed by atoms with Crippen LogP contribution >= 0.6 is 0 Å². The lowest BCUT2D eigenvalue weighted by atomic mass is 10.1. The molecule has 0 saturated carbocycles. The predicted molar refractivity (Wildman–Crippen MR) is 76.5 cm³/mol. The molecule has 2 aromatic heterocycles. The molecule has 0 amide bonds. The summed E-state index contributed by atoms with van der Waals surface area (Å²) in [5.41, 5.74) is 2.97. The molecule has 0 aliphatic heterocycles. The number of aromatic nitrogens is 4. The fourth-order valence-corrected chi connectivity index (χ4v) is 2.16. The van der Waals surface area contributed by atoms with Crippen LogP contribution in [0.3, 0.4) is 0 Å². The van der Waals surface area contributed by atoms with E-state index in [1.807, 2.05) is 54.3 Å². The summed E-state index contributed by atoms with van der Waals surface area (Å²) in [6, 6.07) is 12.0. The molecule has 0 fully saturated rings. The summed E-state index contributed by atoms with van der Waals surface area (Å²) in [6.07, 6.45) is 7.09. The van der Waals surface area contributed by atoms with Crippen LogP contribution in [0.25, 0.3) is 5.69 Å². The minimum absolute atomic E-state index is 0.0128. The fraction of sp³-hybridized carbons (Fsp3) is 0.133. The van der Waals surface area contributed by atoms with E-state index in [-0.39, 0.29) is 6.04 Å². The molecule has 20 heavy (non-hydrogen) atoms. The van der Waals surface area contributed by atoms with E-state index in [4.69, 9.17) is 0 Å². The molecule has 0 bridgehead atoms. The fourth-order valence-electron chi connectivity index (χ4n) is 2.16. The number of nitrogens with one attached hydrogen (secondary N) is 1. The van der Waals surface area contributed by atoms with Crippen LogP contribution in [0.4, 0.5) is 0 Å². The Bertz CT molecular complexity index is 663. The topological polar surface area (TPSA) is 55.6 Å². The number of para-hydroxylation sites is 1. The average molecular weight is 265 g/mol. The summed E-state index contributed by atoms with van der Waals surface area (Å²) in [6.45, 7) is 0. The summed E-state index contributed by atoms with van der Waals surface area (Å²) < 4.78 is 1.86. The summed E-state index contributed by atoms with van der Waals surface area (Å²) in [7, 11) is 1.90. The number of hydrogen-bond donors (Lipinski definition) is 1. The van der Waals surface area contributed by atoms with E-state index in [1.165, 1.54) is 6.33 Å². The molecule has 100 valence electrons. The predicted octanol–water partition coefficient (Wildman–Crippen LogP) is 1.97. The molecular weight excluding hydrogens is 250 g/mol. The van der Waals surface area contributed by atoms with Crippen LogP contribution in [0.2, 0.25) is 0 Å². The first-order valence-electron chi connectivity index (χ1n) is 6.41. The van der Waals surface area contributed by atoms with Gasteiger partial charge >= 0.3 is 0 Å². The SMILES string of the molecule is CNC(c1cncnc1)c1ccn(-c2ccccc2)n1. The summed E-state index contributed by atoms with van der Waals surface area (Å²) >= 11 is 0. The van der Waals surface area contributed by atoms with Crippen molar-refractivity contribution in [2.24, 2.45) is 0 Å². The second-order valence-electron chi connectivity index (χ2n) is 4.41. The van der Waals surface area contributed by atoms with Gasteiger partial charge in [-0.2, -0.15) is 5.10 Å². The van der Waals surface area contributed by atoms with Crippen molar-refractivity contribution in [2.45, 2.75) is 6.04 Å². The van der Waals surface area contributed by atoms with Crippen molar-refractivity contribution in [3.05, 3.63) is 72.6 Å². The molecule has 1 aromatic carbocycles. The van der Waals surface area contributed by atoms with Gasteiger partial charge in [0.15, 0.2) is 0 Å². The average Bonchev–Trinajstić information content (AvgIpc) is 3.00. The molecule has 0 radical (unpaired) electrons. The maximum absolute atomic E-state index is 4.63. The van der Waals surface area contributed by atoms with Gasteiger partial charge < -0.3 is 5.32 Å². The van der Waals surface area contributed by atoms with Crippen LogP contribution in [-0.2, 0) is 0 Å². The lowest BCUT2D eigenvalue weighted by molar-refractivity contribution is 0.651. The van der Waals surface area contributed by atoms with Crippen LogP contribution < -0.4 is 5.32 Å². The number of benzene rings is 1. The second-order valence-corrected chi connectivity index (χ2v) is 4.41. The van der Waals surface area contributed by atoms with E-state index in [0.717, 1.165) is 16.9 Å². The molecule has 5 nitrogen and oxygen atoms in total. The molecule has 0 saturated heterocycles. The van der Waals surface area contributed by atoms with Gasteiger partial charge in [-0.25, -0.2) is 14.6 Å². The van der Waals surface area contributed by atoms with Crippen LogP contribution in [-0.4, -0.2) is 26.8 Å². The van der Waals surface area contributed by atoms with Crippen LogP contribution in [0.15, 0.2) is 61.3 Å². The van der Waals surface area contributed by atoms with Crippen molar-refractivity contribution in [1.82, 2.24) is 25.1 Å². The minimum atomic E-state index is -0.0128. The van der Waals surface area contributed by atoms with Gasteiger partial charge in [0, 0.05) is 24.2 Å². The van der Waals surface area contributed by atoms with Crippen molar-refractivity contribution in [2.75, 3.05) is 7.05 Å². The molecule has 1 atom stereocenters. The monoisotopic (exact) mass is 265 g/mol. The van der Waals surface area contributed by atoms with Gasteiger partial charge in [-0.3, -0.25) is 0 Å². The Morgan fingerprint density at radius 3 is 2.50 bits per heavy atom. The lowest BCUT2D eigenvalue weighted by Gasteiger charge is -2.13. The molecule has 2 heterocycles.